The molecule has 0 fully saturated rings. The number of aliphatic carboxylic acids is 1. The monoisotopic (exact) mass is 292 g/mol. The average Bonchev–Trinajstić information content (AvgIpc) is 2.38. The molecule has 0 aliphatic rings. The molecule has 0 saturated heterocycles. The second kappa shape index (κ2) is 9.88. The van der Waals surface area contributed by atoms with Crippen molar-refractivity contribution in [2.45, 2.75) is 20.3 Å². The summed E-state index contributed by atoms with van der Waals surface area (Å²) in [5.74, 6) is -1.60. The third kappa shape index (κ3) is 9.98. The summed E-state index contributed by atoms with van der Waals surface area (Å²) in [5, 5.41) is 8.70. The van der Waals surface area contributed by atoms with Crippen molar-refractivity contribution in [2.75, 3.05) is 26.9 Å². The molecule has 0 aliphatic carbocycles. The molecule has 0 aliphatic heterocycles. The van der Waals surface area contributed by atoms with Crippen LogP contribution in [0.4, 0.5) is 9.59 Å². The molecule has 0 aromatic carbocycles. The van der Waals surface area contributed by atoms with Gasteiger partial charge in [-0.15, -0.1) is 0 Å². The van der Waals surface area contributed by atoms with Crippen molar-refractivity contribution in [3.63, 3.8) is 0 Å². The number of rotatable bonds is 8. The van der Waals surface area contributed by atoms with Gasteiger partial charge in [-0.25, -0.2) is 9.59 Å². The molecule has 0 aromatic rings. The molecule has 0 radical (unpaired) electrons. The molecular weight excluding hydrogens is 272 g/mol. The van der Waals surface area contributed by atoms with Gasteiger partial charge in [0.15, 0.2) is 0 Å². The largest absolute Gasteiger partial charge is 0.508 e. The Morgan fingerprint density at radius 3 is 1.90 bits per heavy atom. The highest BCUT2D eigenvalue weighted by molar-refractivity contribution is 5.67. The highest BCUT2D eigenvalue weighted by Crippen LogP contribution is 2.07. The van der Waals surface area contributed by atoms with Crippen LogP contribution in [0.1, 0.15) is 20.3 Å². The first-order valence-electron chi connectivity index (χ1n) is 6.07. The molecule has 1 unspecified atom stereocenters. The normalized spacial score (nSPS) is 11.6. The zero-order valence-electron chi connectivity index (χ0n) is 11.8. The molecule has 0 spiro atoms. The summed E-state index contributed by atoms with van der Waals surface area (Å²) in [4.78, 5) is 32.6. The zero-order valence-corrected chi connectivity index (χ0v) is 11.8. The Labute approximate surface area is 116 Å². The quantitative estimate of drug-likeness (QED) is 0.673. The van der Waals surface area contributed by atoms with E-state index in [1.165, 1.54) is 0 Å². The van der Waals surface area contributed by atoms with Gasteiger partial charge in [0.2, 0.25) is 0 Å². The number of carboxylic acids is 1. The van der Waals surface area contributed by atoms with E-state index in [1.807, 2.05) is 13.8 Å². The molecule has 1 atom stereocenters. The van der Waals surface area contributed by atoms with Crippen molar-refractivity contribution in [3.05, 3.63) is 0 Å². The number of hydrogen-bond donors (Lipinski definition) is 1. The Bertz CT molecular complexity index is 325. The van der Waals surface area contributed by atoms with Crippen LogP contribution < -0.4 is 0 Å². The first-order chi connectivity index (χ1) is 9.35. The highest BCUT2D eigenvalue weighted by atomic mass is 16.7. The maximum atomic E-state index is 11.2. The molecule has 0 aromatic heterocycles. The van der Waals surface area contributed by atoms with Gasteiger partial charge >= 0.3 is 18.3 Å². The lowest BCUT2D eigenvalue weighted by molar-refractivity contribution is -0.139. The molecule has 116 valence electrons. The zero-order chi connectivity index (χ0) is 15.5. The SMILES string of the molecule is COC(=O)OCC(COC(=O)OCC(C)C)CC(=O)O. The molecule has 0 rings (SSSR count). The molecule has 8 heteroatoms. The molecule has 20 heavy (non-hydrogen) atoms. The predicted molar refractivity (Wildman–Crippen MR) is 66.2 cm³/mol. The van der Waals surface area contributed by atoms with E-state index in [2.05, 4.69) is 9.47 Å². The Morgan fingerprint density at radius 1 is 0.950 bits per heavy atom. The fraction of sp³-hybridized carbons (Fsp3) is 0.750. The van der Waals surface area contributed by atoms with E-state index in [0.717, 1.165) is 7.11 Å². The Morgan fingerprint density at radius 2 is 1.45 bits per heavy atom. The minimum atomic E-state index is -1.09. The summed E-state index contributed by atoms with van der Waals surface area (Å²) in [5.41, 5.74) is 0. The maximum absolute atomic E-state index is 11.2. The van der Waals surface area contributed by atoms with Crippen molar-refractivity contribution in [3.8, 4) is 0 Å². The van der Waals surface area contributed by atoms with Crippen LogP contribution in [0.15, 0.2) is 0 Å². The number of carbonyl (C=O) groups excluding carboxylic acids is 2. The van der Waals surface area contributed by atoms with Gasteiger partial charge in [-0.3, -0.25) is 4.79 Å². The van der Waals surface area contributed by atoms with Crippen LogP contribution in [0.25, 0.3) is 0 Å². The Hall–Kier alpha value is -1.99. The van der Waals surface area contributed by atoms with Gasteiger partial charge in [-0.1, -0.05) is 13.8 Å². The summed E-state index contributed by atoms with van der Waals surface area (Å²) in [6, 6.07) is 0. The van der Waals surface area contributed by atoms with Gasteiger partial charge in [-0.2, -0.15) is 0 Å². The van der Waals surface area contributed by atoms with Crippen LogP contribution >= 0.6 is 0 Å². The van der Waals surface area contributed by atoms with Crippen LogP contribution in [-0.4, -0.2) is 50.3 Å². The maximum Gasteiger partial charge on any atom is 0.508 e. The van der Waals surface area contributed by atoms with E-state index < -0.39 is 24.2 Å². The second-order valence-corrected chi connectivity index (χ2v) is 4.49. The highest BCUT2D eigenvalue weighted by Gasteiger charge is 2.19. The van der Waals surface area contributed by atoms with Gasteiger partial charge in [0.25, 0.3) is 0 Å². The summed E-state index contributed by atoms with van der Waals surface area (Å²) >= 11 is 0. The number of hydrogen-bond acceptors (Lipinski definition) is 7. The summed E-state index contributed by atoms with van der Waals surface area (Å²) in [7, 11) is 1.13. The van der Waals surface area contributed by atoms with Crippen molar-refractivity contribution in [1.82, 2.24) is 0 Å². The van der Waals surface area contributed by atoms with Crippen LogP contribution in [-0.2, 0) is 23.7 Å². The van der Waals surface area contributed by atoms with Gasteiger partial charge in [0.05, 0.1) is 20.1 Å². The average molecular weight is 292 g/mol. The summed E-state index contributed by atoms with van der Waals surface area (Å²) in [6.45, 7) is 3.49. The Kier molecular flexibility index (Phi) is 8.89. The lowest BCUT2D eigenvalue weighted by atomic mass is 10.1. The standard InChI is InChI=1S/C12H20O8/c1-8(2)5-18-12(16)20-7-9(4-10(13)14)6-19-11(15)17-3/h8-9H,4-7H2,1-3H3,(H,13,14). The van der Waals surface area contributed by atoms with Crippen molar-refractivity contribution in [2.24, 2.45) is 11.8 Å². The lowest BCUT2D eigenvalue weighted by Gasteiger charge is -2.15. The van der Waals surface area contributed by atoms with Gasteiger partial charge in [0.1, 0.15) is 13.2 Å². The summed E-state index contributed by atoms with van der Waals surface area (Å²) < 4.78 is 18.4. The second-order valence-electron chi connectivity index (χ2n) is 4.49. The molecule has 8 nitrogen and oxygen atoms in total. The number of methoxy groups -OCH3 is 1. The molecular formula is C12H20O8. The minimum absolute atomic E-state index is 0.167. The van der Waals surface area contributed by atoms with Crippen LogP contribution in [0.3, 0.4) is 0 Å². The van der Waals surface area contributed by atoms with E-state index in [9.17, 15) is 14.4 Å². The van der Waals surface area contributed by atoms with Crippen LogP contribution in [0, 0.1) is 11.8 Å². The van der Waals surface area contributed by atoms with Crippen LogP contribution in [0.2, 0.25) is 0 Å². The van der Waals surface area contributed by atoms with E-state index in [4.69, 9.17) is 14.6 Å². The molecule has 0 bridgehead atoms. The van der Waals surface area contributed by atoms with E-state index >= 15 is 0 Å². The minimum Gasteiger partial charge on any atom is -0.481 e. The van der Waals surface area contributed by atoms with Gasteiger partial charge < -0.3 is 24.1 Å². The predicted octanol–water partition coefficient (Wildman–Crippen LogP) is 1.67. The molecule has 0 amide bonds. The Balaban J connectivity index is 4.11. The number of carbonyl (C=O) groups is 3. The first-order valence-corrected chi connectivity index (χ1v) is 6.07. The van der Waals surface area contributed by atoms with Crippen LogP contribution in [0.5, 0.6) is 0 Å². The van der Waals surface area contributed by atoms with E-state index in [-0.39, 0.29) is 32.2 Å². The van der Waals surface area contributed by atoms with Crippen molar-refractivity contribution in [1.29, 1.82) is 0 Å². The summed E-state index contributed by atoms with van der Waals surface area (Å²) in [6.07, 6.45) is -2.12. The van der Waals surface area contributed by atoms with Crippen molar-refractivity contribution < 1.29 is 38.4 Å². The smallest absolute Gasteiger partial charge is 0.481 e. The van der Waals surface area contributed by atoms with Gasteiger partial charge in [0, 0.05) is 5.92 Å². The fourth-order valence-electron chi connectivity index (χ4n) is 1.12. The third-order valence-corrected chi connectivity index (χ3v) is 2.04. The van der Waals surface area contributed by atoms with Gasteiger partial charge in [-0.05, 0) is 5.92 Å². The third-order valence-electron chi connectivity index (χ3n) is 2.04. The molecule has 1 N–H and O–H groups in total. The van der Waals surface area contributed by atoms with Crippen molar-refractivity contribution >= 4 is 18.3 Å². The number of carboxylic acid groups (broad SMARTS) is 1. The van der Waals surface area contributed by atoms with E-state index in [0.29, 0.717) is 0 Å². The first kappa shape index (κ1) is 18.0. The fourth-order valence-corrected chi connectivity index (χ4v) is 1.12. The van der Waals surface area contributed by atoms with E-state index in [1.54, 1.807) is 0 Å². The molecule has 0 saturated carbocycles. The molecule has 0 heterocycles. The lowest BCUT2D eigenvalue weighted by Crippen LogP contribution is -2.24. The topological polar surface area (TPSA) is 108 Å². The number of ether oxygens (including phenoxy) is 4.